The molecule has 0 N–H and O–H groups in total. The number of para-hydroxylation sites is 1. The highest BCUT2D eigenvalue weighted by molar-refractivity contribution is 5.96. The molecular formula is C14H14N2O4. The van der Waals surface area contributed by atoms with Gasteiger partial charge in [-0.25, -0.2) is 4.79 Å². The molecule has 0 atom stereocenters. The van der Waals surface area contributed by atoms with Gasteiger partial charge in [0.1, 0.15) is 6.07 Å². The zero-order valence-electron chi connectivity index (χ0n) is 11.2. The Morgan fingerprint density at radius 1 is 1.50 bits per heavy atom. The highest BCUT2D eigenvalue weighted by Crippen LogP contribution is 2.25. The number of nitro groups is 1. The maximum atomic E-state index is 11.6. The summed E-state index contributed by atoms with van der Waals surface area (Å²) >= 11 is 0. The van der Waals surface area contributed by atoms with Gasteiger partial charge in [-0.15, -0.1) is 0 Å². The van der Waals surface area contributed by atoms with E-state index in [1.165, 1.54) is 18.2 Å². The highest BCUT2D eigenvalue weighted by atomic mass is 16.6. The zero-order chi connectivity index (χ0) is 15.1. The van der Waals surface area contributed by atoms with Gasteiger partial charge in [0.25, 0.3) is 5.69 Å². The first kappa shape index (κ1) is 15.4. The molecule has 1 aromatic carbocycles. The van der Waals surface area contributed by atoms with Crippen LogP contribution in [0.4, 0.5) is 5.69 Å². The minimum atomic E-state index is -0.687. The van der Waals surface area contributed by atoms with Gasteiger partial charge < -0.3 is 4.74 Å². The standard InChI is InChI=1S/C14H14N2O4/c1-10(2)9-20-14(17)7-11(8-15)12-5-3-4-6-13(12)16(18)19/h3-7,10H,9H2,1-2H3. The number of carbonyl (C=O) groups is 1. The molecule has 0 aliphatic carbocycles. The predicted octanol–water partition coefficient (Wildman–Crippen LogP) is 2.70. The summed E-state index contributed by atoms with van der Waals surface area (Å²) < 4.78 is 4.92. The van der Waals surface area contributed by atoms with Crippen LogP contribution >= 0.6 is 0 Å². The summed E-state index contributed by atoms with van der Waals surface area (Å²) in [6, 6.07) is 7.54. The Morgan fingerprint density at radius 2 is 2.15 bits per heavy atom. The van der Waals surface area contributed by atoms with Gasteiger partial charge in [-0.3, -0.25) is 10.1 Å². The van der Waals surface area contributed by atoms with Gasteiger partial charge in [-0.05, 0) is 12.0 Å². The summed E-state index contributed by atoms with van der Waals surface area (Å²) in [4.78, 5) is 21.9. The van der Waals surface area contributed by atoms with E-state index in [1.807, 2.05) is 13.8 Å². The summed E-state index contributed by atoms with van der Waals surface area (Å²) in [6.07, 6.45) is 0.977. The van der Waals surface area contributed by atoms with Gasteiger partial charge >= 0.3 is 5.97 Å². The van der Waals surface area contributed by atoms with Crippen molar-refractivity contribution in [2.75, 3.05) is 6.61 Å². The summed E-state index contributed by atoms with van der Waals surface area (Å²) in [6.45, 7) is 3.99. The first-order chi connectivity index (χ1) is 9.45. The van der Waals surface area contributed by atoms with E-state index in [9.17, 15) is 14.9 Å². The smallest absolute Gasteiger partial charge is 0.332 e. The fraction of sp³-hybridized carbons (Fsp3) is 0.286. The molecule has 6 nitrogen and oxygen atoms in total. The summed E-state index contributed by atoms with van der Waals surface area (Å²) in [5.41, 5.74) is -0.218. The highest BCUT2D eigenvalue weighted by Gasteiger charge is 2.17. The number of nitriles is 1. The molecule has 0 unspecified atom stereocenters. The molecule has 0 saturated heterocycles. The number of rotatable bonds is 5. The number of nitrogens with zero attached hydrogens (tertiary/aromatic N) is 2. The molecule has 0 heterocycles. The molecule has 1 rings (SSSR count). The van der Waals surface area contributed by atoms with Gasteiger partial charge in [0.2, 0.25) is 0 Å². The normalized spacial score (nSPS) is 11.0. The SMILES string of the molecule is CC(C)COC(=O)C=C(C#N)c1ccccc1[N+](=O)[O-]. The van der Waals surface area contributed by atoms with Crippen LogP contribution in [0.3, 0.4) is 0 Å². The lowest BCUT2D eigenvalue weighted by Crippen LogP contribution is -2.08. The molecule has 0 bridgehead atoms. The van der Waals surface area contributed by atoms with Crippen molar-refractivity contribution >= 4 is 17.2 Å². The van der Waals surface area contributed by atoms with Crippen LogP contribution in [-0.2, 0) is 9.53 Å². The molecule has 0 aliphatic heterocycles. The zero-order valence-corrected chi connectivity index (χ0v) is 11.2. The lowest BCUT2D eigenvalue weighted by atomic mass is 10.0. The molecule has 0 radical (unpaired) electrons. The average molecular weight is 274 g/mol. The van der Waals surface area contributed by atoms with Crippen LogP contribution in [0.1, 0.15) is 19.4 Å². The first-order valence-electron chi connectivity index (χ1n) is 5.98. The van der Waals surface area contributed by atoms with E-state index in [4.69, 9.17) is 10.00 Å². The number of carbonyl (C=O) groups excluding carboxylic acids is 1. The third kappa shape index (κ3) is 4.21. The van der Waals surface area contributed by atoms with Crippen LogP contribution in [-0.4, -0.2) is 17.5 Å². The van der Waals surface area contributed by atoms with Crippen molar-refractivity contribution in [3.8, 4) is 6.07 Å². The number of hydrogen-bond donors (Lipinski definition) is 0. The van der Waals surface area contributed by atoms with Gasteiger partial charge in [0, 0.05) is 12.1 Å². The molecule has 1 aromatic rings. The average Bonchev–Trinajstić information content (AvgIpc) is 2.42. The fourth-order valence-corrected chi connectivity index (χ4v) is 1.44. The molecule has 0 saturated carbocycles. The number of ether oxygens (including phenoxy) is 1. The van der Waals surface area contributed by atoms with Crippen LogP contribution in [0.25, 0.3) is 5.57 Å². The second kappa shape index (κ2) is 7.04. The predicted molar refractivity (Wildman–Crippen MR) is 72.5 cm³/mol. The van der Waals surface area contributed by atoms with Crippen molar-refractivity contribution in [3.63, 3.8) is 0 Å². The lowest BCUT2D eigenvalue weighted by molar-refractivity contribution is -0.385. The summed E-state index contributed by atoms with van der Waals surface area (Å²) in [7, 11) is 0. The van der Waals surface area contributed by atoms with Gasteiger partial charge in [-0.1, -0.05) is 26.0 Å². The van der Waals surface area contributed by atoms with Crippen LogP contribution in [0.15, 0.2) is 30.3 Å². The third-order valence-electron chi connectivity index (χ3n) is 2.33. The van der Waals surface area contributed by atoms with Crippen molar-refractivity contribution < 1.29 is 14.5 Å². The Hall–Kier alpha value is -2.68. The topological polar surface area (TPSA) is 93.2 Å². The third-order valence-corrected chi connectivity index (χ3v) is 2.33. The van der Waals surface area contributed by atoms with E-state index in [1.54, 1.807) is 12.1 Å². The second-order valence-corrected chi connectivity index (χ2v) is 4.47. The minimum Gasteiger partial charge on any atom is -0.462 e. The summed E-state index contributed by atoms with van der Waals surface area (Å²) in [5.74, 6) is -0.516. The number of hydrogen-bond acceptors (Lipinski definition) is 5. The van der Waals surface area contributed by atoms with Gasteiger partial charge in [0.05, 0.1) is 22.7 Å². The Kier molecular flexibility index (Phi) is 5.42. The Labute approximate surface area is 116 Å². The maximum absolute atomic E-state index is 11.6. The van der Waals surface area contributed by atoms with E-state index in [0.717, 1.165) is 6.08 Å². The van der Waals surface area contributed by atoms with Crippen LogP contribution in [0.5, 0.6) is 0 Å². The first-order valence-corrected chi connectivity index (χ1v) is 5.98. The van der Waals surface area contributed by atoms with Crippen LogP contribution in [0, 0.1) is 27.4 Å². The number of nitro benzene ring substituents is 1. The van der Waals surface area contributed by atoms with E-state index < -0.39 is 10.9 Å². The molecule has 104 valence electrons. The minimum absolute atomic E-state index is 0.0916. The molecule has 0 aromatic heterocycles. The van der Waals surface area contributed by atoms with Crippen molar-refractivity contribution in [2.24, 2.45) is 5.92 Å². The molecule has 20 heavy (non-hydrogen) atoms. The fourth-order valence-electron chi connectivity index (χ4n) is 1.44. The van der Waals surface area contributed by atoms with Gasteiger partial charge in [-0.2, -0.15) is 5.26 Å². The Balaban J connectivity index is 3.06. The maximum Gasteiger partial charge on any atom is 0.332 e. The molecular weight excluding hydrogens is 260 g/mol. The number of benzene rings is 1. The van der Waals surface area contributed by atoms with Crippen molar-refractivity contribution in [3.05, 3.63) is 46.0 Å². The largest absolute Gasteiger partial charge is 0.462 e. The van der Waals surface area contributed by atoms with Crippen LogP contribution < -0.4 is 0 Å². The Bertz CT molecular complexity index is 585. The molecule has 0 spiro atoms. The van der Waals surface area contributed by atoms with E-state index in [0.29, 0.717) is 0 Å². The molecule has 0 amide bonds. The molecule has 6 heteroatoms. The Morgan fingerprint density at radius 3 is 2.70 bits per heavy atom. The van der Waals surface area contributed by atoms with Gasteiger partial charge in [0.15, 0.2) is 0 Å². The lowest BCUT2D eigenvalue weighted by Gasteiger charge is -2.05. The van der Waals surface area contributed by atoms with Crippen molar-refractivity contribution in [1.82, 2.24) is 0 Å². The second-order valence-electron chi connectivity index (χ2n) is 4.47. The van der Waals surface area contributed by atoms with Crippen molar-refractivity contribution in [1.29, 1.82) is 5.26 Å². The van der Waals surface area contributed by atoms with E-state index in [2.05, 4.69) is 0 Å². The number of allylic oxidation sites excluding steroid dienone is 1. The van der Waals surface area contributed by atoms with E-state index >= 15 is 0 Å². The quantitative estimate of drug-likeness (QED) is 0.270. The molecule has 0 aliphatic rings. The monoisotopic (exact) mass is 274 g/mol. The van der Waals surface area contributed by atoms with E-state index in [-0.39, 0.29) is 29.3 Å². The summed E-state index contributed by atoms with van der Waals surface area (Å²) in [5, 5.41) is 20.0. The van der Waals surface area contributed by atoms with Crippen LogP contribution in [0.2, 0.25) is 0 Å². The van der Waals surface area contributed by atoms with Crippen molar-refractivity contribution in [2.45, 2.75) is 13.8 Å². The molecule has 0 fully saturated rings. The number of esters is 1.